The van der Waals surface area contributed by atoms with Gasteiger partial charge in [-0.2, -0.15) is 18.3 Å². The number of alkyl halides is 3. The van der Waals surface area contributed by atoms with Crippen molar-refractivity contribution in [3.63, 3.8) is 0 Å². The quantitative estimate of drug-likeness (QED) is 0.719. The van der Waals surface area contributed by atoms with Crippen molar-refractivity contribution in [3.05, 3.63) is 65.5 Å². The number of hydrogen-bond acceptors (Lipinski definition) is 3. The highest BCUT2D eigenvalue weighted by Gasteiger charge is 2.34. The minimum absolute atomic E-state index is 0.170. The van der Waals surface area contributed by atoms with Gasteiger partial charge >= 0.3 is 6.18 Å². The number of carbonyl (C=O) groups excluding carboxylic acids is 1. The molecule has 1 aromatic heterocycles. The molecule has 3 N–H and O–H groups in total. The standard InChI is InChI=1S/C19H19F3N4O/c1-26-15(9-17(25-26)19(20,21)22)10-18(27)24-16(11-23)14-7-6-12-4-2-3-5-13(12)8-14/h2-9,16H,10-11,23H2,1H3,(H,24,27). The van der Waals surface area contributed by atoms with Crippen LogP contribution in [0.2, 0.25) is 0 Å². The normalized spacial score (nSPS) is 12.9. The highest BCUT2D eigenvalue weighted by molar-refractivity contribution is 5.83. The van der Waals surface area contributed by atoms with Crippen molar-refractivity contribution in [2.24, 2.45) is 12.8 Å². The summed E-state index contributed by atoms with van der Waals surface area (Å²) in [5, 5.41) is 8.28. The van der Waals surface area contributed by atoms with Crippen molar-refractivity contribution in [2.45, 2.75) is 18.6 Å². The van der Waals surface area contributed by atoms with Gasteiger partial charge in [0.25, 0.3) is 0 Å². The monoisotopic (exact) mass is 376 g/mol. The van der Waals surface area contributed by atoms with E-state index in [0.717, 1.165) is 27.1 Å². The molecule has 0 saturated heterocycles. The van der Waals surface area contributed by atoms with E-state index in [0.29, 0.717) is 0 Å². The molecule has 2 aromatic carbocycles. The molecule has 3 aromatic rings. The lowest BCUT2D eigenvalue weighted by atomic mass is 10.0. The van der Waals surface area contributed by atoms with Crippen LogP contribution in [0, 0.1) is 0 Å². The van der Waals surface area contributed by atoms with E-state index in [1.54, 1.807) is 0 Å². The Morgan fingerprint density at radius 3 is 2.52 bits per heavy atom. The summed E-state index contributed by atoms with van der Waals surface area (Å²) in [7, 11) is 1.38. The van der Waals surface area contributed by atoms with E-state index in [4.69, 9.17) is 5.73 Å². The lowest BCUT2D eigenvalue weighted by Gasteiger charge is -2.18. The molecule has 1 amide bonds. The first-order valence-electron chi connectivity index (χ1n) is 8.36. The first-order valence-corrected chi connectivity index (χ1v) is 8.36. The Labute approximate surface area is 154 Å². The third-order valence-corrected chi connectivity index (χ3v) is 4.36. The zero-order valence-corrected chi connectivity index (χ0v) is 14.6. The topological polar surface area (TPSA) is 72.9 Å². The van der Waals surface area contributed by atoms with Gasteiger partial charge in [0, 0.05) is 19.3 Å². The summed E-state index contributed by atoms with van der Waals surface area (Å²) >= 11 is 0. The predicted octanol–water partition coefficient (Wildman–Crippen LogP) is 2.95. The number of halogens is 3. The molecule has 142 valence electrons. The molecule has 0 spiro atoms. The van der Waals surface area contributed by atoms with E-state index < -0.39 is 23.8 Å². The number of aromatic nitrogens is 2. The molecule has 5 nitrogen and oxygen atoms in total. The molecule has 0 aliphatic rings. The summed E-state index contributed by atoms with van der Waals surface area (Å²) in [6, 6.07) is 14.0. The van der Waals surface area contributed by atoms with Crippen LogP contribution in [0.4, 0.5) is 13.2 Å². The van der Waals surface area contributed by atoms with E-state index in [9.17, 15) is 18.0 Å². The molecule has 0 aliphatic carbocycles. The average Bonchev–Trinajstić information content (AvgIpc) is 3.00. The maximum absolute atomic E-state index is 12.7. The Hall–Kier alpha value is -2.87. The van der Waals surface area contributed by atoms with Crippen molar-refractivity contribution in [1.82, 2.24) is 15.1 Å². The highest BCUT2D eigenvalue weighted by atomic mass is 19.4. The first-order chi connectivity index (χ1) is 12.8. The molecule has 0 bridgehead atoms. The zero-order valence-electron chi connectivity index (χ0n) is 14.6. The number of nitrogens with one attached hydrogen (secondary N) is 1. The van der Waals surface area contributed by atoms with Crippen LogP contribution in [-0.4, -0.2) is 22.2 Å². The van der Waals surface area contributed by atoms with Crippen molar-refractivity contribution < 1.29 is 18.0 Å². The van der Waals surface area contributed by atoms with Gasteiger partial charge in [-0.05, 0) is 28.5 Å². The van der Waals surface area contributed by atoms with Crippen LogP contribution in [0.1, 0.15) is 23.0 Å². The minimum Gasteiger partial charge on any atom is -0.348 e. The number of nitrogens with two attached hydrogens (primary N) is 1. The second kappa shape index (κ2) is 7.40. The summed E-state index contributed by atoms with van der Waals surface area (Å²) in [5.41, 5.74) is 5.80. The number of carbonyl (C=O) groups is 1. The highest BCUT2D eigenvalue weighted by Crippen LogP contribution is 2.28. The minimum atomic E-state index is -4.54. The van der Waals surface area contributed by atoms with Crippen molar-refractivity contribution in [2.75, 3.05) is 6.54 Å². The molecule has 27 heavy (non-hydrogen) atoms. The van der Waals surface area contributed by atoms with Crippen molar-refractivity contribution in [3.8, 4) is 0 Å². The molecule has 1 heterocycles. The molecule has 0 fully saturated rings. The van der Waals surface area contributed by atoms with E-state index in [-0.39, 0.29) is 18.7 Å². The summed E-state index contributed by atoms with van der Waals surface area (Å²) in [6.45, 7) is 0.170. The second-order valence-electron chi connectivity index (χ2n) is 6.28. The van der Waals surface area contributed by atoms with Crippen LogP contribution in [0.3, 0.4) is 0 Å². The largest absolute Gasteiger partial charge is 0.435 e. The fraction of sp³-hybridized carbons (Fsp3) is 0.263. The molecule has 0 radical (unpaired) electrons. The van der Waals surface area contributed by atoms with E-state index in [1.165, 1.54) is 7.05 Å². The third-order valence-electron chi connectivity index (χ3n) is 4.36. The van der Waals surface area contributed by atoms with Gasteiger partial charge in [-0.15, -0.1) is 0 Å². The first kappa shape index (κ1) is 18.9. The summed E-state index contributed by atoms with van der Waals surface area (Å²) < 4.78 is 39.3. The second-order valence-corrected chi connectivity index (χ2v) is 6.28. The van der Waals surface area contributed by atoms with Crippen LogP contribution < -0.4 is 11.1 Å². The van der Waals surface area contributed by atoms with Crippen LogP contribution in [0.15, 0.2) is 48.5 Å². The maximum atomic E-state index is 12.7. The van der Waals surface area contributed by atoms with Gasteiger partial charge in [0.15, 0.2) is 5.69 Å². The Morgan fingerprint density at radius 1 is 1.19 bits per heavy atom. The van der Waals surface area contributed by atoms with Crippen LogP contribution in [0.5, 0.6) is 0 Å². The predicted molar refractivity (Wildman–Crippen MR) is 95.8 cm³/mol. The molecule has 3 rings (SSSR count). The lowest BCUT2D eigenvalue weighted by molar-refractivity contribution is -0.141. The molecule has 1 unspecified atom stereocenters. The molecular weight excluding hydrogens is 357 g/mol. The Morgan fingerprint density at radius 2 is 1.89 bits per heavy atom. The van der Waals surface area contributed by atoms with E-state index >= 15 is 0 Å². The van der Waals surface area contributed by atoms with Crippen LogP contribution in [-0.2, 0) is 24.4 Å². The van der Waals surface area contributed by atoms with Crippen molar-refractivity contribution >= 4 is 16.7 Å². The number of fused-ring (bicyclic) bond motifs is 1. The van der Waals surface area contributed by atoms with E-state index in [2.05, 4.69) is 10.4 Å². The maximum Gasteiger partial charge on any atom is 0.435 e. The summed E-state index contributed by atoms with van der Waals surface area (Å²) in [4.78, 5) is 12.3. The molecule has 8 heteroatoms. The fourth-order valence-electron chi connectivity index (χ4n) is 2.92. The Bertz CT molecular complexity index is 965. The number of benzene rings is 2. The van der Waals surface area contributed by atoms with Crippen molar-refractivity contribution in [1.29, 1.82) is 0 Å². The van der Waals surface area contributed by atoms with Gasteiger partial charge < -0.3 is 11.1 Å². The number of aryl methyl sites for hydroxylation is 1. The smallest absolute Gasteiger partial charge is 0.348 e. The molecular formula is C19H19F3N4O. The number of nitrogens with zero attached hydrogens (tertiary/aromatic N) is 2. The van der Waals surface area contributed by atoms with Gasteiger partial charge in [-0.3, -0.25) is 9.48 Å². The molecule has 0 aliphatic heterocycles. The van der Waals surface area contributed by atoms with Gasteiger partial charge in [-0.1, -0.05) is 36.4 Å². The van der Waals surface area contributed by atoms with Gasteiger partial charge in [0.1, 0.15) is 0 Å². The Balaban J connectivity index is 1.74. The van der Waals surface area contributed by atoms with Crippen LogP contribution in [0.25, 0.3) is 10.8 Å². The lowest BCUT2D eigenvalue weighted by Crippen LogP contribution is -2.34. The molecule has 1 atom stereocenters. The SMILES string of the molecule is Cn1nc(C(F)(F)F)cc1CC(=O)NC(CN)c1ccc2ccccc2c1. The zero-order chi connectivity index (χ0) is 19.6. The Kier molecular flexibility index (Phi) is 5.18. The van der Waals surface area contributed by atoms with Gasteiger partial charge in [-0.25, -0.2) is 0 Å². The summed E-state index contributed by atoms with van der Waals surface area (Å²) in [5.74, 6) is -0.421. The number of rotatable bonds is 5. The number of amides is 1. The number of hydrogen-bond donors (Lipinski definition) is 2. The summed E-state index contributed by atoms with van der Waals surface area (Å²) in [6.07, 6.45) is -4.76. The fourth-order valence-corrected chi connectivity index (χ4v) is 2.92. The third kappa shape index (κ3) is 4.28. The van der Waals surface area contributed by atoms with E-state index in [1.807, 2.05) is 42.5 Å². The molecule has 0 saturated carbocycles. The van der Waals surface area contributed by atoms with Crippen LogP contribution >= 0.6 is 0 Å². The van der Waals surface area contributed by atoms with Gasteiger partial charge in [0.2, 0.25) is 5.91 Å². The van der Waals surface area contributed by atoms with Gasteiger partial charge in [0.05, 0.1) is 12.5 Å². The average molecular weight is 376 g/mol.